The second-order valence-corrected chi connectivity index (χ2v) is 7.28. The van der Waals surface area contributed by atoms with E-state index in [1.54, 1.807) is 28.9 Å². The fourth-order valence-corrected chi connectivity index (χ4v) is 3.76. The van der Waals surface area contributed by atoms with Crippen LogP contribution in [0.25, 0.3) is 5.69 Å². The van der Waals surface area contributed by atoms with Crippen molar-refractivity contribution in [3.05, 3.63) is 74.7 Å². The first-order valence-corrected chi connectivity index (χ1v) is 9.08. The fraction of sp³-hybridized carbons (Fsp3) is 0.111. The number of ketones is 1. The third kappa shape index (κ3) is 3.50. The average molecular weight is 384 g/mol. The standard InChI is InChI=1S/C18H15N3O2Se/c1-12-8-10-15(11-9-12)21-18(24-17(20-21)13(2)22)19-16(23)14-6-4-3-5-7-14/h3-11H,1-2H3. The van der Waals surface area contributed by atoms with Gasteiger partial charge in [0, 0.05) is 0 Å². The van der Waals surface area contributed by atoms with E-state index in [0.29, 0.717) is 14.5 Å². The van der Waals surface area contributed by atoms with Crippen molar-refractivity contribution >= 4 is 26.2 Å². The van der Waals surface area contributed by atoms with Crippen molar-refractivity contribution in [2.75, 3.05) is 0 Å². The van der Waals surface area contributed by atoms with Crippen molar-refractivity contribution in [3.8, 4) is 5.69 Å². The Balaban J connectivity index is 2.12. The summed E-state index contributed by atoms with van der Waals surface area (Å²) in [5, 5.41) is 4.36. The van der Waals surface area contributed by atoms with Crippen molar-refractivity contribution in [3.63, 3.8) is 0 Å². The summed E-state index contributed by atoms with van der Waals surface area (Å²) in [7, 11) is 0. The third-order valence-electron chi connectivity index (χ3n) is 3.36. The average Bonchev–Trinajstić information content (AvgIpc) is 3.00. The van der Waals surface area contributed by atoms with Crippen molar-refractivity contribution in [1.82, 2.24) is 9.78 Å². The Morgan fingerprint density at radius 3 is 2.33 bits per heavy atom. The molecule has 0 unspecified atom stereocenters. The number of aromatic nitrogens is 2. The first-order chi connectivity index (χ1) is 11.5. The van der Waals surface area contributed by atoms with E-state index >= 15 is 0 Å². The molecule has 120 valence electrons. The van der Waals surface area contributed by atoms with Crippen LogP contribution in [0.2, 0.25) is 0 Å². The Hall–Kier alpha value is -2.56. The van der Waals surface area contributed by atoms with Crippen LogP contribution in [0.15, 0.2) is 59.6 Å². The van der Waals surface area contributed by atoms with E-state index in [0.717, 1.165) is 11.3 Å². The summed E-state index contributed by atoms with van der Waals surface area (Å²) >= 11 is -0.388. The van der Waals surface area contributed by atoms with Gasteiger partial charge >= 0.3 is 145 Å². The first kappa shape index (κ1) is 16.3. The second kappa shape index (κ2) is 6.91. The third-order valence-corrected chi connectivity index (χ3v) is 5.48. The molecule has 0 aliphatic rings. The van der Waals surface area contributed by atoms with E-state index < -0.39 is 0 Å². The molecule has 3 rings (SSSR count). The molecule has 0 aliphatic carbocycles. The van der Waals surface area contributed by atoms with Crippen LogP contribution in [-0.4, -0.2) is 36.0 Å². The number of amides is 1. The van der Waals surface area contributed by atoms with Crippen LogP contribution in [0, 0.1) is 6.92 Å². The number of benzene rings is 2. The van der Waals surface area contributed by atoms with E-state index in [9.17, 15) is 9.59 Å². The van der Waals surface area contributed by atoms with Gasteiger partial charge in [-0.15, -0.1) is 0 Å². The normalized spacial score (nSPS) is 11.5. The molecule has 24 heavy (non-hydrogen) atoms. The minimum absolute atomic E-state index is 0.0931. The minimum atomic E-state index is -0.388. The van der Waals surface area contributed by atoms with Gasteiger partial charge in [0.15, 0.2) is 0 Å². The van der Waals surface area contributed by atoms with E-state index in [4.69, 9.17) is 0 Å². The van der Waals surface area contributed by atoms with Gasteiger partial charge in [-0.1, -0.05) is 0 Å². The maximum atomic E-state index is 12.4. The predicted molar refractivity (Wildman–Crippen MR) is 91.6 cm³/mol. The molecular formula is C18H15N3O2Se. The van der Waals surface area contributed by atoms with Gasteiger partial charge in [-0.25, -0.2) is 0 Å². The number of hydrogen-bond donors (Lipinski definition) is 0. The van der Waals surface area contributed by atoms with Gasteiger partial charge in [0.2, 0.25) is 0 Å². The summed E-state index contributed by atoms with van der Waals surface area (Å²) in [5.74, 6) is -0.422. The Bertz CT molecular complexity index is 954. The van der Waals surface area contributed by atoms with E-state index in [2.05, 4.69) is 10.1 Å². The molecular weight excluding hydrogens is 369 g/mol. The zero-order valence-corrected chi connectivity index (χ0v) is 15.0. The molecule has 2 aromatic carbocycles. The van der Waals surface area contributed by atoms with E-state index in [-0.39, 0.29) is 26.2 Å². The molecule has 0 saturated carbocycles. The SMILES string of the molecule is CC(=O)c1nn(-c2ccc(C)cc2)c(=NC(=O)c2ccccc2)[se]1. The fourth-order valence-electron chi connectivity index (χ4n) is 2.08. The van der Waals surface area contributed by atoms with Crippen LogP contribution >= 0.6 is 0 Å². The van der Waals surface area contributed by atoms with Gasteiger partial charge in [-0.2, -0.15) is 0 Å². The molecule has 0 N–H and O–H groups in total. The molecule has 1 aromatic heterocycles. The van der Waals surface area contributed by atoms with Gasteiger partial charge in [0.05, 0.1) is 0 Å². The van der Waals surface area contributed by atoms with Crippen molar-refractivity contribution in [1.29, 1.82) is 0 Å². The number of carbonyl (C=O) groups is 2. The van der Waals surface area contributed by atoms with Crippen LogP contribution in [-0.2, 0) is 0 Å². The summed E-state index contributed by atoms with van der Waals surface area (Å²) in [6.07, 6.45) is 0. The quantitative estimate of drug-likeness (QED) is 0.514. The number of hydrogen-bond acceptors (Lipinski definition) is 3. The zero-order chi connectivity index (χ0) is 17.1. The summed E-state index contributed by atoms with van der Waals surface area (Å²) < 4.78 is 2.57. The molecule has 0 fully saturated rings. The molecule has 1 amide bonds. The van der Waals surface area contributed by atoms with E-state index in [1.807, 2.05) is 37.3 Å². The van der Waals surface area contributed by atoms with Gasteiger partial charge < -0.3 is 0 Å². The molecule has 0 spiro atoms. The summed E-state index contributed by atoms with van der Waals surface area (Å²) in [4.78, 5) is 28.3. The Kier molecular flexibility index (Phi) is 4.69. The number of Topliss-reactive ketones (excluding diaryl/α,β-unsaturated/α-hetero) is 1. The molecule has 6 heteroatoms. The Morgan fingerprint density at radius 2 is 1.71 bits per heavy atom. The van der Waals surface area contributed by atoms with Crippen molar-refractivity contribution < 1.29 is 9.59 Å². The molecule has 0 bridgehead atoms. The molecule has 0 aliphatic heterocycles. The van der Waals surface area contributed by atoms with Gasteiger partial charge in [-0.3, -0.25) is 0 Å². The first-order valence-electron chi connectivity index (χ1n) is 7.37. The molecule has 3 aromatic rings. The van der Waals surface area contributed by atoms with Crippen LogP contribution in [0.3, 0.4) is 0 Å². The van der Waals surface area contributed by atoms with Crippen LogP contribution in [0.1, 0.15) is 32.2 Å². The number of nitrogens with zero attached hydrogens (tertiary/aromatic N) is 3. The number of aryl methyl sites for hydroxylation is 1. The molecule has 0 saturated heterocycles. The maximum absolute atomic E-state index is 12.4. The Morgan fingerprint density at radius 1 is 1.04 bits per heavy atom. The number of rotatable bonds is 3. The molecule has 5 nitrogen and oxygen atoms in total. The molecule has 0 atom stereocenters. The molecule has 0 radical (unpaired) electrons. The van der Waals surface area contributed by atoms with E-state index in [1.165, 1.54) is 6.92 Å². The monoisotopic (exact) mass is 385 g/mol. The number of carbonyl (C=O) groups excluding carboxylic acids is 2. The second-order valence-electron chi connectivity index (χ2n) is 5.28. The molecule has 1 heterocycles. The van der Waals surface area contributed by atoms with Gasteiger partial charge in [0.25, 0.3) is 0 Å². The zero-order valence-electron chi connectivity index (χ0n) is 13.3. The van der Waals surface area contributed by atoms with Crippen LogP contribution in [0.5, 0.6) is 0 Å². The van der Waals surface area contributed by atoms with Crippen molar-refractivity contribution in [2.45, 2.75) is 13.8 Å². The van der Waals surface area contributed by atoms with Gasteiger partial charge in [0.1, 0.15) is 0 Å². The van der Waals surface area contributed by atoms with Gasteiger partial charge in [-0.05, 0) is 0 Å². The van der Waals surface area contributed by atoms with Crippen LogP contribution < -0.4 is 4.36 Å². The summed E-state index contributed by atoms with van der Waals surface area (Å²) in [6.45, 7) is 3.48. The van der Waals surface area contributed by atoms with Crippen LogP contribution in [0.4, 0.5) is 0 Å². The van der Waals surface area contributed by atoms with Crippen molar-refractivity contribution in [2.24, 2.45) is 4.99 Å². The summed E-state index contributed by atoms with van der Waals surface area (Å²) in [6, 6.07) is 16.6. The topological polar surface area (TPSA) is 64.3 Å². The predicted octanol–water partition coefficient (Wildman–Crippen LogP) is 2.18. The summed E-state index contributed by atoms with van der Waals surface area (Å²) in [5.41, 5.74) is 2.43. The Labute approximate surface area is 145 Å².